The molecule has 0 radical (unpaired) electrons. The molecule has 0 spiro atoms. The summed E-state index contributed by atoms with van der Waals surface area (Å²) >= 11 is 0. The highest BCUT2D eigenvalue weighted by atomic mass is 16.5. The molecule has 0 atom stereocenters. The van der Waals surface area contributed by atoms with Crippen molar-refractivity contribution in [1.82, 2.24) is 15.3 Å². The molecule has 120 valence electrons. The Morgan fingerprint density at radius 1 is 1.04 bits per heavy atom. The van der Waals surface area contributed by atoms with Crippen LogP contribution in [0, 0.1) is 0 Å². The summed E-state index contributed by atoms with van der Waals surface area (Å²) in [5, 5.41) is 3.45. The summed E-state index contributed by atoms with van der Waals surface area (Å²) in [7, 11) is 1.64. The highest BCUT2D eigenvalue weighted by Crippen LogP contribution is 2.29. The smallest absolute Gasteiger partial charge is 0.318 e. The fourth-order valence-corrected chi connectivity index (χ4v) is 3.53. The Morgan fingerprint density at radius 3 is 2.74 bits per heavy atom. The van der Waals surface area contributed by atoms with Gasteiger partial charge in [-0.1, -0.05) is 24.3 Å². The van der Waals surface area contributed by atoms with E-state index in [-0.39, 0.29) is 0 Å². The zero-order valence-corrected chi connectivity index (χ0v) is 13.5. The number of ether oxygens (including phenoxy) is 1. The van der Waals surface area contributed by atoms with E-state index >= 15 is 0 Å². The second kappa shape index (κ2) is 6.16. The number of methoxy groups -OCH3 is 1. The lowest BCUT2D eigenvalue weighted by atomic mass is 9.99. The van der Waals surface area contributed by atoms with E-state index in [0.29, 0.717) is 6.01 Å². The second-order valence-electron chi connectivity index (χ2n) is 6.15. The Morgan fingerprint density at radius 2 is 1.87 bits per heavy atom. The molecule has 1 N–H and O–H groups in total. The summed E-state index contributed by atoms with van der Waals surface area (Å²) in [5.74, 6) is 1.06. The average Bonchev–Trinajstić information content (AvgIpc) is 2.85. The number of aromatic nitrogens is 2. The van der Waals surface area contributed by atoms with Gasteiger partial charge in [-0.2, -0.15) is 9.97 Å². The van der Waals surface area contributed by atoms with E-state index in [1.165, 1.54) is 16.7 Å². The molecule has 5 nitrogen and oxygen atoms in total. The first-order valence-electron chi connectivity index (χ1n) is 8.31. The molecule has 5 heteroatoms. The third kappa shape index (κ3) is 2.77. The average molecular weight is 310 g/mol. The van der Waals surface area contributed by atoms with Crippen molar-refractivity contribution >= 4 is 5.82 Å². The molecule has 0 saturated heterocycles. The van der Waals surface area contributed by atoms with Gasteiger partial charge < -0.3 is 15.0 Å². The molecule has 0 bridgehead atoms. The van der Waals surface area contributed by atoms with Crippen molar-refractivity contribution in [2.24, 2.45) is 0 Å². The van der Waals surface area contributed by atoms with Crippen LogP contribution in [-0.2, 0) is 25.8 Å². The number of benzene rings is 1. The predicted octanol–water partition coefficient (Wildman–Crippen LogP) is 1.74. The van der Waals surface area contributed by atoms with Gasteiger partial charge in [0.1, 0.15) is 5.82 Å². The summed E-state index contributed by atoms with van der Waals surface area (Å²) in [6, 6.07) is 9.19. The molecule has 0 fully saturated rings. The van der Waals surface area contributed by atoms with Gasteiger partial charge in [0.15, 0.2) is 0 Å². The fourth-order valence-electron chi connectivity index (χ4n) is 3.53. The number of nitrogens with zero attached hydrogens (tertiary/aromatic N) is 3. The van der Waals surface area contributed by atoms with Crippen LogP contribution in [0.1, 0.15) is 22.4 Å². The summed E-state index contributed by atoms with van der Waals surface area (Å²) in [6.45, 7) is 3.86. The molecule has 1 aromatic carbocycles. The predicted molar refractivity (Wildman–Crippen MR) is 90.1 cm³/mol. The summed E-state index contributed by atoms with van der Waals surface area (Å²) in [6.07, 6.45) is 2.98. The number of hydrogen-bond donors (Lipinski definition) is 1. The largest absolute Gasteiger partial charge is 0.467 e. The van der Waals surface area contributed by atoms with Crippen molar-refractivity contribution in [3.8, 4) is 6.01 Å². The number of anilines is 1. The van der Waals surface area contributed by atoms with Crippen LogP contribution < -0.4 is 15.0 Å². The highest BCUT2D eigenvalue weighted by molar-refractivity contribution is 5.53. The van der Waals surface area contributed by atoms with Gasteiger partial charge in [0.05, 0.1) is 12.8 Å². The van der Waals surface area contributed by atoms with Gasteiger partial charge >= 0.3 is 6.01 Å². The van der Waals surface area contributed by atoms with E-state index in [2.05, 4.69) is 39.5 Å². The molecule has 0 unspecified atom stereocenters. The van der Waals surface area contributed by atoms with Crippen LogP contribution in [0.5, 0.6) is 6.01 Å². The molecule has 2 aromatic rings. The highest BCUT2D eigenvalue weighted by Gasteiger charge is 2.24. The number of hydrogen-bond acceptors (Lipinski definition) is 5. The molecule has 2 aliphatic heterocycles. The Hall–Kier alpha value is -2.14. The van der Waals surface area contributed by atoms with Crippen molar-refractivity contribution in [2.45, 2.75) is 25.8 Å². The second-order valence-corrected chi connectivity index (χ2v) is 6.15. The molecule has 0 aliphatic carbocycles. The van der Waals surface area contributed by atoms with E-state index in [0.717, 1.165) is 57.0 Å². The van der Waals surface area contributed by atoms with Gasteiger partial charge in [-0.05, 0) is 30.5 Å². The maximum atomic E-state index is 5.35. The molecular formula is C18H22N4O. The van der Waals surface area contributed by atoms with E-state index in [1.807, 2.05) is 0 Å². The van der Waals surface area contributed by atoms with Crippen LogP contribution in [0.15, 0.2) is 24.3 Å². The molecule has 1 aromatic heterocycles. The SMILES string of the molecule is COc1nc2c(c(N3CCc4ccccc4C3)n1)CCNCC2. The molecular weight excluding hydrogens is 288 g/mol. The normalized spacial score (nSPS) is 17.2. The number of rotatable bonds is 2. The van der Waals surface area contributed by atoms with Crippen LogP contribution in [-0.4, -0.2) is 36.7 Å². The minimum absolute atomic E-state index is 0.486. The Balaban J connectivity index is 1.74. The lowest BCUT2D eigenvalue weighted by Crippen LogP contribution is -2.32. The number of fused-ring (bicyclic) bond motifs is 2. The lowest BCUT2D eigenvalue weighted by molar-refractivity contribution is 0.377. The van der Waals surface area contributed by atoms with Crippen molar-refractivity contribution in [1.29, 1.82) is 0 Å². The van der Waals surface area contributed by atoms with Crippen LogP contribution in [0.25, 0.3) is 0 Å². The zero-order valence-electron chi connectivity index (χ0n) is 13.5. The molecule has 3 heterocycles. The van der Waals surface area contributed by atoms with E-state index in [4.69, 9.17) is 9.72 Å². The van der Waals surface area contributed by atoms with Gasteiger partial charge in [0.2, 0.25) is 0 Å². The van der Waals surface area contributed by atoms with Gasteiger partial charge in [-0.25, -0.2) is 0 Å². The van der Waals surface area contributed by atoms with Gasteiger partial charge in [0, 0.05) is 31.6 Å². The minimum atomic E-state index is 0.486. The quantitative estimate of drug-likeness (QED) is 0.915. The van der Waals surface area contributed by atoms with Gasteiger partial charge in [-0.15, -0.1) is 0 Å². The van der Waals surface area contributed by atoms with Crippen molar-refractivity contribution in [3.63, 3.8) is 0 Å². The fraction of sp³-hybridized carbons (Fsp3) is 0.444. The lowest BCUT2D eigenvalue weighted by Gasteiger charge is -2.31. The minimum Gasteiger partial charge on any atom is -0.467 e. The molecule has 4 rings (SSSR count). The van der Waals surface area contributed by atoms with Crippen molar-refractivity contribution in [2.75, 3.05) is 31.6 Å². The van der Waals surface area contributed by atoms with Crippen LogP contribution in [0.2, 0.25) is 0 Å². The summed E-state index contributed by atoms with van der Waals surface area (Å²) < 4.78 is 5.35. The molecule has 0 saturated carbocycles. The van der Waals surface area contributed by atoms with Crippen LogP contribution >= 0.6 is 0 Å². The molecule has 0 amide bonds. The molecule has 2 aliphatic rings. The standard InChI is InChI=1S/C18H22N4O/c1-23-18-20-16-7-10-19-9-6-15(16)17(21-18)22-11-8-13-4-2-3-5-14(13)12-22/h2-5,19H,6-12H2,1H3. The third-order valence-corrected chi connectivity index (χ3v) is 4.75. The monoisotopic (exact) mass is 310 g/mol. The summed E-state index contributed by atoms with van der Waals surface area (Å²) in [4.78, 5) is 11.7. The van der Waals surface area contributed by atoms with E-state index in [1.54, 1.807) is 7.11 Å². The Kier molecular flexibility index (Phi) is 3.87. The van der Waals surface area contributed by atoms with Gasteiger partial charge in [0.25, 0.3) is 0 Å². The van der Waals surface area contributed by atoms with E-state index < -0.39 is 0 Å². The topological polar surface area (TPSA) is 50.3 Å². The number of nitrogens with one attached hydrogen (secondary N) is 1. The maximum Gasteiger partial charge on any atom is 0.318 e. The summed E-state index contributed by atoms with van der Waals surface area (Å²) in [5.41, 5.74) is 5.28. The molecule has 23 heavy (non-hydrogen) atoms. The maximum absolute atomic E-state index is 5.35. The van der Waals surface area contributed by atoms with E-state index in [9.17, 15) is 0 Å². The van der Waals surface area contributed by atoms with Crippen LogP contribution in [0.4, 0.5) is 5.82 Å². The van der Waals surface area contributed by atoms with Crippen molar-refractivity contribution < 1.29 is 4.74 Å². The first-order valence-corrected chi connectivity index (χ1v) is 8.31. The Bertz CT molecular complexity index is 716. The third-order valence-electron chi connectivity index (χ3n) is 4.75. The van der Waals surface area contributed by atoms with Gasteiger partial charge in [-0.3, -0.25) is 0 Å². The first-order chi connectivity index (χ1) is 11.3. The Labute approximate surface area is 136 Å². The zero-order chi connectivity index (χ0) is 15.6. The van der Waals surface area contributed by atoms with Crippen LogP contribution in [0.3, 0.4) is 0 Å². The first kappa shape index (κ1) is 14.5. The van der Waals surface area contributed by atoms with Crippen molar-refractivity contribution in [3.05, 3.63) is 46.6 Å².